The number of hydrogen-bond donors (Lipinski definition) is 0. The third-order valence-corrected chi connectivity index (χ3v) is 6.64. The molecule has 1 atom stereocenters. The molecule has 0 N–H and O–H groups in total. The highest BCUT2D eigenvalue weighted by Gasteiger charge is 2.19. The first kappa shape index (κ1) is 36.9. The Kier molecular flexibility index (Phi) is 21.5. The number of allylic oxidation sites excluding steroid dienone is 6. The van der Waals surface area contributed by atoms with E-state index in [2.05, 4.69) is 62.4 Å². The van der Waals surface area contributed by atoms with Crippen molar-refractivity contribution in [3.63, 3.8) is 0 Å². The summed E-state index contributed by atoms with van der Waals surface area (Å²) in [4.78, 5) is 36.1. The normalized spacial score (nSPS) is 12.4. The number of carbonyl (C=O) groups excluding carboxylic acids is 3. The number of unbranched alkanes of at least 4 members (excludes halogenated alkanes) is 3. The highest BCUT2D eigenvalue weighted by molar-refractivity contribution is 5.71. The van der Waals surface area contributed by atoms with Crippen LogP contribution in [0.25, 0.3) is 0 Å². The van der Waals surface area contributed by atoms with Crippen molar-refractivity contribution in [2.75, 3.05) is 13.2 Å². The second-order valence-corrected chi connectivity index (χ2v) is 10.7. The van der Waals surface area contributed by atoms with E-state index in [1.54, 1.807) is 0 Å². The zero-order valence-corrected chi connectivity index (χ0v) is 26.5. The van der Waals surface area contributed by atoms with E-state index in [-0.39, 0.29) is 44.4 Å². The number of aryl methyl sites for hydroxylation is 1. The van der Waals surface area contributed by atoms with Crippen molar-refractivity contribution in [1.82, 2.24) is 0 Å². The monoisotopic (exact) mass is 582 g/mol. The van der Waals surface area contributed by atoms with E-state index in [9.17, 15) is 14.4 Å². The van der Waals surface area contributed by atoms with Gasteiger partial charge in [0.25, 0.3) is 0 Å². The van der Waals surface area contributed by atoms with Gasteiger partial charge in [-0.15, -0.1) is 0 Å². The van der Waals surface area contributed by atoms with Crippen LogP contribution >= 0.6 is 0 Å². The van der Waals surface area contributed by atoms with E-state index < -0.39 is 12.1 Å². The van der Waals surface area contributed by atoms with Gasteiger partial charge in [0.1, 0.15) is 13.2 Å². The number of hydrogen-bond acceptors (Lipinski definition) is 6. The highest BCUT2D eigenvalue weighted by atomic mass is 16.6. The van der Waals surface area contributed by atoms with Crippen LogP contribution in [0.1, 0.15) is 109 Å². The summed E-state index contributed by atoms with van der Waals surface area (Å²) in [5.41, 5.74) is 2.46. The molecule has 1 aromatic carbocycles. The van der Waals surface area contributed by atoms with Crippen LogP contribution in [0.2, 0.25) is 0 Å². The maximum Gasteiger partial charge on any atom is 0.306 e. The number of ether oxygens (including phenoxy) is 3. The minimum absolute atomic E-state index is 0.122. The molecule has 0 radical (unpaired) electrons. The summed E-state index contributed by atoms with van der Waals surface area (Å²) < 4.78 is 15.9. The van der Waals surface area contributed by atoms with Crippen LogP contribution in [0.15, 0.2) is 60.7 Å². The van der Waals surface area contributed by atoms with Gasteiger partial charge < -0.3 is 14.2 Å². The molecule has 42 heavy (non-hydrogen) atoms. The molecule has 0 aliphatic heterocycles. The fourth-order valence-corrected chi connectivity index (χ4v) is 4.27. The van der Waals surface area contributed by atoms with Crippen LogP contribution in [0, 0.1) is 5.92 Å². The van der Waals surface area contributed by atoms with Crippen molar-refractivity contribution < 1.29 is 28.6 Å². The molecule has 0 heterocycles. The summed E-state index contributed by atoms with van der Waals surface area (Å²) in [5, 5.41) is 0. The molecule has 0 spiro atoms. The lowest BCUT2D eigenvalue weighted by Crippen LogP contribution is -2.30. The molecule has 1 rings (SSSR count). The van der Waals surface area contributed by atoms with Gasteiger partial charge in [-0.1, -0.05) is 101 Å². The highest BCUT2D eigenvalue weighted by Crippen LogP contribution is 2.15. The molecule has 0 unspecified atom stereocenters. The quantitative estimate of drug-likeness (QED) is 0.0558. The van der Waals surface area contributed by atoms with Gasteiger partial charge in [0.2, 0.25) is 0 Å². The predicted octanol–water partition coefficient (Wildman–Crippen LogP) is 8.43. The minimum atomic E-state index is -0.810. The van der Waals surface area contributed by atoms with Gasteiger partial charge in [-0.2, -0.15) is 0 Å². The second-order valence-electron chi connectivity index (χ2n) is 10.7. The first-order valence-electron chi connectivity index (χ1n) is 15.9. The van der Waals surface area contributed by atoms with E-state index in [0.29, 0.717) is 25.2 Å². The average molecular weight is 583 g/mol. The fraction of sp³-hybridized carbons (Fsp3) is 0.583. The first-order valence-corrected chi connectivity index (χ1v) is 15.9. The molecule has 1 aromatic rings. The summed E-state index contributed by atoms with van der Waals surface area (Å²) in [6.45, 7) is 7.97. The number of rotatable bonds is 23. The van der Waals surface area contributed by atoms with Gasteiger partial charge >= 0.3 is 17.9 Å². The van der Waals surface area contributed by atoms with E-state index in [1.807, 2.05) is 26.0 Å². The van der Waals surface area contributed by atoms with Crippen molar-refractivity contribution in [2.24, 2.45) is 5.92 Å². The summed E-state index contributed by atoms with van der Waals surface area (Å²) in [7, 11) is 0. The molecule has 0 saturated carbocycles. The molecule has 6 nitrogen and oxygen atoms in total. The maximum absolute atomic E-state index is 12.6. The van der Waals surface area contributed by atoms with Crippen LogP contribution in [-0.4, -0.2) is 37.2 Å². The van der Waals surface area contributed by atoms with Crippen LogP contribution in [0.5, 0.6) is 0 Å². The molecule has 0 fully saturated rings. The van der Waals surface area contributed by atoms with Crippen molar-refractivity contribution >= 4 is 17.9 Å². The summed E-state index contributed by atoms with van der Waals surface area (Å²) in [5.74, 6) is -0.665. The summed E-state index contributed by atoms with van der Waals surface area (Å²) in [6.07, 6.45) is 22.9. The van der Waals surface area contributed by atoms with Crippen LogP contribution < -0.4 is 0 Å². The zero-order valence-electron chi connectivity index (χ0n) is 26.5. The molecule has 0 aromatic heterocycles. The Bertz CT molecular complexity index is 955. The lowest BCUT2D eigenvalue weighted by Gasteiger charge is -2.18. The fourth-order valence-electron chi connectivity index (χ4n) is 4.27. The standard InChI is InChI=1S/C36H54O6/c1-5-8-9-10-13-21-30(4)22-14-11-12-15-23-31-24-16-17-25-32(31)26-18-27-36(39)42-33(28-40-34(37)19-6-2)29-41-35(38)20-7-3/h12-17,21-22,24-25,30,33H,5-11,18-20,23,26-29H2,1-4H3/b15-12-,21-13-,22-14-/t30-/m0/s1. The lowest BCUT2D eigenvalue weighted by molar-refractivity contribution is -0.166. The van der Waals surface area contributed by atoms with E-state index in [4.69, 9.17) is 14.2 Å². The van der Waals surface area contributed by atoms with Crippen molar-refractivity contribution in [3.05, 3.63) is 71.8 Å². The van der Waals surface area contributed by atoms with Gasteiger partial charge in [0, 0.05) is 19.3 Å². The summed E-state index contributed by atoms with van der Waals surface area (Å²) in [6, 6.07) is 8.29. The van der Waals surface area contributed by atoms with Crippen molar-refractivity contribution in [1.29, 1.82) is 0 Å². The van der Waals surface area contributed by atoms with Crippen LogP contribution in [0.4, 0.5) is 0 Å². The van der Waals surface area contributed by atoms with E-state index in [0.717, 1.165) is 19.3 Å². The van der Waals surface area contributed by atoms with Crippen molar-refractivity contribution in [3.8, 4) is 0 Å². The van der Waals surface area contributed by atoms with Gasteiger partial charge in [-0.25, -0.2) is 0 Å². The molecule has 6 heteroatoms. The molecular weight excluding hydrogens is 528 g/mol. The molecule has 0 bridgehead atoms. The van der Waals surface area contributed by atoms with E-state index >= 15 is 0 Å². The Balaban J connectivity index is 2.50. The molecule has 0 aliphatic carbocycles. The van der Waals surface area contributed by atoms with Crippen LogP contribution in [0.3, 0.4) is 0 Å². The Morgan fingerprint density at radius 3 is 2.00 bits per heavy atom. The topological polar surface area (TPSA) is 78.9 Å². The molecule has 234 valence electrons. The second kappa shape index (κ2) is 24.4. The number of carbonyl (C=O) groups is 3. The van der Waals surface area contributed by atoms with Gasteiger partial charge in [-0.05, 0) is 68.4 Å². The van der Waals surface area contributed by atoms with Gasteiger partial charge in [0.15, 0.2) is 6.10 Å². The Hall–Kier alpha value is -3.15. The molecule has 0 saturated heterocycles. The Labute approximate surface area is 254 Å². The van der Waals surface area contributed by atoms with Crippen LogP contribution in [-0.2, 0) is 41.4 Å². The molecule has 0 amide bonds. The number of esters is 3. The smallest absolute Gasteiger partial charge is 0.306 e. The predicted molar refractivity (Wildman–Crippen MR) is 170 cm³/mol. The Morgan fingerprint density at radius 1 is 0.714 bits per heavy atom. The lowest BCUT2D eigenvalue weighted by atomic mass is 9.99. The number of benzene rings is 1. The zero-order chi connectivity index (χ0) is 30.8. The SMILES string of the molecule is CCCCC/C=C\[C@H](C)/C=C\C/C=C\Cc1ccccc1CCCC(=O)OC(COC(=O)CCC)COC(=O)CCC. The first-order chi connectivity index (χ1) is 20.4. The largest absolute Gasteiger partial charge is 0.462 e. The van der Waals surface area contributed by atoms with E-state index in [1.165, 1.54) is 36.8 Å². The minimum Gasteiger partial charge on any atom is -0.462 e. The van der Waals surface area contributed by atoms with Gasteiger partial charge in [0.05, 0.1) is 0 Å². The molecule has 0 aliphatic rings. The maximum atomic E-state index is 12.6. The average Bonchev–Trinajstić information content (AvgIpc) is 2.97. The third-order valence-electron chi connectivity index (χ3n) is 6.64. The third kappa shape index (κ3) is 19.1. The van der Waals surface area contributed by atoms with Crippen molar-refractivity contribution in [2.45, 2.75) is 117 Å². The molecular formula is C36H54O6. The Morgan fingerprint density at radius 2 is 1.36 bits per heavy atom. The van der Waals surface area contributed by atoms with Gasteiger partial charge in [-0.3, -0.25) is 14.4 Å². The summed E-state index contributed by atoms with van der Waals surface area (Å²) >= 11 is 0.